The molecule has 0 bridgehead atoms. The van der Waals surface area contributed by atoms with Crippen LogP contribution in [0.3, 0.4) is 0 Å². The quantitative estimate of drug-likeness (QED) is 0.485. The van der Waals surface area contributed by atoms with E-state index < -0.39 is 12.1 Å². The molecule has 0 amide bonds. The number of likely N-dealkylation sites (tertiary alicyclic amines) is 1. The van der Waals surface area contributed by atoms with Crippen LogP contribution in [0.5, 0.6) is 5.75 Å². The standard InChI is InChI=1S/C27H29FN4O3/c1-35-21-6-8-25-23(17-21)22(9-13-29-25)24(28)7-5-19-10-15-32(18-20(19)16-27(33)34)14-2-4-26-30-11-3-12-31-26/h3,6,8-9,11-13,17,19-20,24H,5,7,10,14-16,18H2,1H3,(H,33,34)/t19-,20+,24?/m1/s1. The molecule has 1 aliphatic rings. The van der Waals surface area contributed by atoms with E-state index in [0.29, 0.717) is 43.1 Å². The zero-order valence-corrected chi connectivity index (χ0v) is 19.7. The van der Waals surface area contributed by atoms with Crippen molar-refractivity contribution < 1.29 is 19.0 Å². The number of fused-ring (bicyclic) bond motifs is 1. The Morgan fingerprint density at radius 1 is 1.23 bits per heavy atom. The second kappa shape index (κ2) is 11.7. The third-order valence-electron chi connectivity index (χ3n) is 6.59. The average Bonchev–Trinajstić information content (AvgIpc) is 2.87. The molecule has 7 nitrogen and oxygen atoms in total. The lowest BCUT2D eigenvalue weighted by Gasteiger charge is -2.37. The molecule has 3 heterocycles. The molecule has 0 saturated carbocycles. The normalized spacial score (nSPS) is 19.0. The van der Waals surface area contributed by atoms with Gasteiger partial charge >= 0.3 is 5.97 Å². The van der Waals surface area contributed by atoms with Gasteiger partial charge in [-0.1, -0.05) is 5.92 Å². The van der Waals surface area contributed by atoms with Gasteiger partial charge in [-0.25, -0.2) is 14.4 Å². The van der Waals surface area contributed by atoms with E-state index in [1.807, 2.05) is 18.2 Å². The topological polar surface area (TPSA) is 88.4 Å². The number of nitrogens with zero attached hydrogens (tertiary/aromatic N) is 4. The Morgan fingerprint density at radius 2 is 2.06 bits per heavy atom. The number of methoxy groups -OCH3 is 1. The van der Waals surface area contributed by atoms with Crippen LogP contribution in [0.25, 0.3) is 10.9 Å². The van der Waals surface area contributed by atoms with E-state index in [0.717, 1.165) is 23.9 Å². The predicted octanol–water partition coefficient (Wildman–Crippen LogP) is 4.29. The van der Waals surface area contributed by atoms with E-state index in [-0.39, 0.29) is 18.3 Å². The first-order valence-corrected chi connectivity index (χ1v) is 11.8. The maximum Gasteiger partial charge on any atom is 0.303 e. The SMILES string of the molecule is COc1ccc2nccc(C(F)CC[C@@H]3CCN(CC#Cc4ncccn4)C[C@@H]3CC(=O)O)c2c1. The summed E-state index contributed by atoms with van der Waals surface area (Å²) in [6, 6.07) is 8.92. The van der Waals surface area contributed by atoms with Gasteiger partial charge in [0.25, 0.3) is 0 Å². The highest BCUT2D eigenvalue weighted by Crippen LogP contribution is 2.36. The van der Waals surface area contributed by atoms with E-state index in [2.05, 4.69) is 31.7 Å². The molecule has 1 N–H and O–H groups in total. The third-order valence-corrected chi connectivity index (χ3v) is 6.59. The predicted molar refractivity (Wildman–Crippen MR) is 131 cm³/mol. The zero-order valence-electron chi connectivity index (χ0n) is 19.7. The molecular weight excluding hydrogens is 447 g/mol. The van der Waals surface area contributed by atoms with E-state index in [9.17, 15) is 9.90 Å². The molecule has 182 valence electrons. The van der Waals surface area contributed by atoms with Gasteiger partial charge in [-0.2, -0.15) is 0 Å². The molecule has 4 rings (SSSR count). The molecule has 0 aliphatic carbocycles. The maximum atomic E-state index is 15.4. The van der Waals surface area contributed by atoms with Gasteiger partial charge in [0.1, 0.15) is 11.9 Å². The summed E-state index contributed by atoms with van der Waals surface area (Å²) < 4.78 is 20.7. The second-order valence-electron chi connectivity index (χ2n) is 8.84. The van der Waals surface area contributed by atoms with E-state index >= 15 is 4.39 Å². The van der Waals surface area contributed by atoms with Gasteiger partial charge in [0, 0.05) is 36.9 Å². The van der Waals surface area contributed by atoms with Crippen molar-refractivity contribution in [1.82, 2.24) is 19.9 Å². The van der Waals surface area contributed by atoms with E-state index in [4.69, 9.17) is 4.74 Å². The summed E-state index contributed by atoms with van der Waals surface area (Å²) in [6.07, 6.45) is 5.62. The van der Waals surface area contributed by atoms with Gasteiger partial charge in [0.2, 0.25) is 5.82 Å². The lowest BCUT2D eigenvalue weighted by atomic mass is 9.79. The number of ether oxygens (including phenoxy) is 1. The summed E-state index contributed by atoms with van der Waals surface area (Å²) in [5.74, 6) is 6.44. The van der Waals surface area contributed by atoms with Crippen LogP contribution in [0, 0.1) is 23.7 Å². The number of rotatable bonds is 8. The molecule has 1 unspecified atom stereocenters. The first kappa shape index (κ1) is 24.6. The van der Waals surface area contributed by atoms with E-state index in [1.54, 1.807) is 37.8 Å². The van der Waals surface area contributed by atoms with Crippen molar-refractivity contribution in [3.8, 4) is 17.6 Å². The Morgan fingerprint density at radius 3 is 2.83 bits per heavy atom. The molecule has 35 heavy (non-hydrogen) atoms. The van der Waals surface area contributed by atoms with Crippen molar-refractivity contribution in [2.45, 2.75) is 31.9 Å². The first-order chi connectivity index (χ1) is 17.0. The van der Waals surface area contributed by atoms with Crippen LogP contribution in [0.4, 0.5) is 4.39 Å². The number of aromatic nitrogens is 3. The highest BCUT2D eigenvalue weighted by atomic mass is 19.1. The number of carbonyl (C=O) groups is 1. The summed E-state index contributed by atoms with van der Waals surface area (Å²) in [5.41, 5.74) is 1.32. The van der Waals surface area contributed by atoms with Crippen molar-refractivity contribution in [2.24, 2.45) is 11.8 Å². The molecular formula is C27H29FN4O3. The molecule has 3 aromatic rings. The number of hydrogen-bond donors (Lipinski definition) is 1. The van der Waals surface area contributed by atoms with Crippen molar-refractivity contribution >= 4 is 16.9 Å². The number of halogens is 1. The zero-order chi connectivity index (χ0) is 24.6. The van der Waals surface area contributed by atoms with Gasteiger partial charge in [-0.05, 0) is 79.5 Å². The van der Waals surface area contributed by atoms with Crippen LogP contribution < -0.4 is 4.74 Å². The van der Waals surface area contributed by atoms with Crippen LogP contribution in [-0.2, 0) is 4.79 Å². The van der Waals surface area contributed by atoms with Crippen LogP contribution in [0.2, 0.25) is 0 Å². The minimum atomic E-state index is -1.16. The lowest BCUT2D eigenvalue weighted by Crippen LogP contribution is -2.41. The second-order valence-corrected chi connectivity index (χ2v) is 8.84. The number of pyridine rings is 1. The number of carboxylic acid groups (broad SMARTS) is 1. The monoisotopic (exact) mass is 476 g/mol. The van der Waals surface area contributed by atoms with Crippen LogP contribution >= 0.6 is 0 Å². The number of carboxylic acids is 1. The minimum absolute atomic E-state index is 0.0440. The summed E-state index contributed by atoms with van der Waals surface area (Å²) in [5, 5.41) is 10.2. The summed E-state index contributed by atoms with van der Waals surface area (Å²) >= 11 is 0. The molecule has 3 atom stereocenters. The molecule has 1 fully saturated rings. The molecule has 1 aliphatic heterocycles. The van der Waals surface area contributed by atoms with Gasteiger partial charge < -0.3 is 9.84 Å². The number of piperidine rings is 1. The first-order valence-electron chi connectivity index (χ1n) is 11.8. The fourth-order valence-corrected chi connectivity index (χ4v) is 4.79. The Hall–Kier alpha value is -3.57. The summed E-state index contributed by atoms with van der Waals surface area (Å²) in [4.78, 5) is 26.2. The van der Waals surface area contributed by atoms with E-state index in [1.165, 1.54) is 0 Å². The number of benzene rings is 1. The Bertz CT molecular complexity index is 1210. The fraction of sp³-hybridized carbons (Fsp3) is 0.407. The number of hydrogen-bond acceptors (Lipinski definition) is 6. The number of aliphatic carboxylic acids is 1. The van der Waals surface area contributed by atoms with Gasteiger partial charge in [0.15, 0.2) is 0 Å². The Labute approximate surface area is 204 Å². The largest absolute Gasteiger partial charge is 0.497 e. The van der Waals surface area contributed by atoms with Crippen molar-refractivity contribution in [2.75, 3.05) is 26.7 Å². The number of alkyl halides is 1. The Kier molecular flexibility index (Phi) is 8.22. The molecule has 1 aromatic carbocycles. The van der Waals surface area contributed by atoms with Crippen LogP contribution in [0.1, 0.15) is 43.2 Å². The van der Waals surface area contributed by atoms with Gasteiger partial charge in [0.05, 0.1) is 19.2 Å². The molecule has 0 radical (unpaired) electrons. The Balaban J connectivity index is 1.39. The van der Waals surface area contributed by atoms with Crippen molar-refractivity contribution in [1.29, 1.82) is 0 Å². The highest BCUT2D eigenvalue weighted by Gasteiger charge is 2.31. The van der Waals surface area contributed by atoms with Crippen LogP contribution in [0.15, 0.2) is 48.9 Å². The molecule has 8 heteroatoms. The average molecular weight is 477 g/mol. The molecule has 2 aromatic heterocycles. The molecule has 1 saturated heterocycles. The van der Waals surface area contributed by atoms with Crippen LogP contribution in [-0.4, -0.2) is 57.7 Å². The smallest absolute Gasteiger partial charge is 0.303 e. The highest BCUT2D eigenvalue weighted by molar-refractivity contribution is 5.83. The minimum Gasteiger partial charge on any atom is -0.497 e. The fourth-order valence-electron chi connectivity index (χ4n) is 4.79. The lowest BCUT2D eigenvalue weighted by molar-refractivity contribution is -0.139. The maximum absolute atomic E-state index is 15.4. The molecule has 0 spiro atoms. The van der Waals surface area contributed by atoms with Crippen molar-refractivity contribution in [3.05, 3.63) is 60.3 Å². The summed E-state index contributed by atoms with van der Waals surface area (Å²) in [6.45, 7) is 1.96. The van der Waals surface area contributed by atoms with Gasteiger partial charge in [-0.3, -0.25) is 14.7 Å². The third kappa shape index (κ3) is 6.52. The van der Waals surface area contributed by atoms with Crippen molar-refractivity contribution in [3.63, 3.8) is 0 Å². The van der Waals surface area contributed by atoms with Gasteiger partial charge in [-0.15, -0.1) is 0 Å². The summed E-state index contributed by atoms with van der Waals surface area (Å²) in [7, 11) is 1.58.